The van der Waals surface area contributed by atoms with Crippen molar-refractivity contribution in [2.75, 3.05) is 13.2 Å². The maximum absolute atomic E-state index is 13.4. The lowest BCUT2D eigenvalue weighted by Gasteiger charge is -2.32. The van der Waals surface area contributed by atoms with Crippen molar-refractivity contribution >= 4 is 11.7 Å². The number of carbonyl (C=O) groups excluding carboxylic acids is 2. The van der Waals surface area contributed by atoms with Gasteiger partial charge in [0.25, 0.3) is 5.89 Å². The molecule has 2 aliphatic rings. The van der Waals surface area contributed by atoms with Crippen molar-refractivity contribution in [2.45, 2.75) is 57.3 Å². The number of ketones is 1. The summed E-state index contributed by atoms with van der Waals surface area (Å²) in [6.07, 6.45) is 10.4. The Balaban J connectivity index is 1.33. The number of oxazole rings is 1. The van der Waals surface area contributed by atoms with Gasteiger partial charge in [0.05, 0.1) is 17.3 Å². The second kappa shape index (κ2) is 9.97. The highest BCUT2D eigenvalue weighted by Gasteiger charge is 2.74. The number of ether oxygens (including phenoxy) is 1. The zero-order valence-corrected chi connectivity index (χ0v) is 20.2. The Hall–Kier alpha value is -3.33. The Morgan fingerprint density at radius 3 is 2.61 bits per heavy atom. The number of hydrogen-bond acceptors (Lipinski definition) is 6. The molecule has 3 heterocycles. The van der Waals surface area contributed by atoms with E-state index in [-0.39, 0.29) is 34.7 Å². The van der Waals surface area contributed by atoms with Crippen molar-refractivity contribution in [1.29, 1.82) is 0 Å². The van der Waals surface area contributed by atoms with E-state index in [2.05, 4.69) is 9.97 Å². The molecule has 3 aromatic rings. The van der Waals surface area contributed by atoms with Crippen molar-refractivity contribution in [3.63, 3.8) is 0 Å². The number of amides is 1. The number of halogens is 1. The summed E-state index contributed by atoms with van der Waals surface area (Å²) < 4.78 is 24.1. The minimum atomic E-state index is -0.678. The highest BCUT2D eigenvalue weighted by Crippen LogP contribution is 2.74. The van der Waals surface area contributed by atoms with Crippen LogP contribution in [0.3, 0.4) is 0 Å². The van der Waals surface area contributed by atoms with Crippen LogP contribution in [-0.4, -0.2) is 39.9 Å². The SMILES string of the molecule is NC(=O)[C@]1(C(CCCCCC(=O)c2ncco2)c2nc(-c3ccc(F)cc3)c[nH]2)CC12CCOCC2. The van der Waals surface area contributed by atoms with E-state index in [1.807, 2.05) is 0 Å². The molecule has 1 aliphatic heterocycles. The molecule has 1 spiro atoms. The van der Waals surface area contributed by atoms with Gasteiger partial charge in [-0.1, -0.05) is 12.8 Å². The van der Waals surface area contributed by atoms with E-state index in [4.69, 9.17) is 19.9 Å². The molecule has 1 saturated carbocycles. The number of primary amides is 1. The second-order valence-electron chi connectivity index (χ2n) is 10.00. The predicted molar refractivity (Wildman–Crippen MR) is 129 cm³/mol. The normalized spacial score (nSPS) is 21.4. The summed E-state index contributed by atoms with van der Waals surface area (Å²) >= 11 is 0. The zero-order valence-electron chi connectivity index (χ0n) is 20.2. The van der Waals surface area contributed by atoms with Gasteiger partial charge in [0.1, 0.15) is 17.9 Å². The number of imidazole rings is 1. The van der Waals surface area contributed by atoms with Crippen LogP contribution in [0, 0.1) is 16.6 Å². The molecule has 1 aromatic carbocycles. The van der Waals surface area contributed by atoms with Gasteiger partial charge in [-0.25, -0.2) is 14.4 Å². The first-order valence-electron chi connectivity index (χ1n) is 12.6. The van der Waals surface area contributed by atoms with Crippen LogP contribution in [0.2, 0.25) is 0 Å². The first-order chi connectivity index (χ1) is 17.4. The van der Waals surface area contributed by atoms with Crippen LogP contribution in [0.25, 0.3) is 11.3 Å². The van der Waals surface area contributed by atoms with Crippen molar-refractivity contribution < 1.29 is 23.1 Å². The summed E-state index contributed by atoms with van der Waals surface area (Å²) in [5.41, 5.74) is 6.77. The molecule has 8 nitrogen and oxygen atoms in total. The van der Waals surface area contributed by atoms with Gasteiger partial charge in [0.15, 0.2) is 0 Å². The molecule has 9 heteroatoms. The van der Waals surface area contributed by atoms with Gasteiger partial charge in [0, 0.05) is 37.3 Å². The first-order valence-corrected chi connectivity index (χ1v) is 12.6. The molecule has 1 aliphatic carbocycles. The lowest BCUT2D eigenvalue weighted by atomic mass is 9.74. The molecule has 3 N–H and O–H groups in total. The average molecular weight is 495 g/mol. The van der Waals surface area contributed by atoms with Gasteiger partial charge in [-0.15, -0.1) is 0 Å². The lowest BCUT2D eigenvalue weighted by molar-refractivity contribution is -0.126. The van der Waals surface area contributed by atoms with E-state index in [0.717, 1.165) is 49.9 Å². The molecule has 2 fully saturated rings. The smallest absolute Gasteiger partial charge is 0.263 e. The Bertz CT molecular complexity index is 1200. The highest BCUT2D eigenvalue weighted by molar-refractivity contribution is 5.91. The number of aromatic nitrogens is 3. The average Bonchev–Trinajstić information content (AvgIpc) is 3.29. The lowest BCUT2D eigenvalue weighted by Crippen LogP contribution is -2.38. The monoisotopic (exact) mass is 494 g/mol. The summed E-state index contributed by atoms with van der Waals surface area (Å²) in [5, 5.41) is 0. The molecule has 2 aromatic heterocycles. The summed E-state index contributed by atoms with van der Waals surface area (Å²) in [5.74, 6) is -0.00139. The summed E-state index contributed by atoms with van der Waals surface area (Å²) in [7, 11) is 0. The Labute approximate surface area is 208 Å². The summed E-state index contributed by atoms with van der Waals surface area (Å²) in [6.45, 7) is 1.26. The minimum absolute atomic E-state index is 0.108. The van der Waals surface area contributed by atoms with Crippen molar-refractivity contribution in [1.82, 2.24) is 15.0 Å². The van der Waals surface area contributed by atoms with Crippen LogP contribution in [0.4, 0.5) is 4.39 Å². The van der Waals surface area contributed by atoms with Gasteiger partial charge < -0.3 is 19.9 Å². The summed E-state index contributed by atoms with van der Waals surface area (Å²) in [4.78, 5) is 37.3. The number of nitrogens with zero attached hydrogens (tertiary/aromatic N) is 2. The third-order valence-corrected chi connectivity index (χ3v) is 8.06. The number of carbonyl (C=O) groups is 2. The topological polar surface area (TPSA) is 124 Å². The molecule has 1 saturated heterocycles. The van der Waals surface area contributed by atoms with Crippen LogP contribution in [0.1, 0.15) is 73.8 Å². The Morgan fingerprint density at radius 1 is 1.14 bits per heavy atom. The molecule has 0 radical (unpaired) electrons. The number of H-pyrrole nitrogens is 1. The highest BCUT2D eigenvalue weighted by atomic mass is 19.1. The minimum Gasteiger partial charge on any atom is -0.442 e. The molecule has 2 atom stereocenters. The first kappa shape index (κ1) is 24.4. The van der Waals surface area contributed by atoms with E-state index < -0.39 is 5.41 Å². The van der Waals surface area contributed by atoms with Gasteiger partial charge in [0.2, 0.25) is 11.7 Å². The van der Waals surface area contributed by atoms with Crippen LogP contribution in [0.15, 0.2) is 47.3 Å². The van der Waals surface area contributed by atoms with Crippen LogP contribution in [0.5, 0.6) is 0 Å². The number of rotatable bonds is 11. The van der Waals surface area contributed by atoms with Gasteiger partial charge in [-0.05, 0) is 61.8 Å². The van der Waals surface area contributed by atoms with Crippen molar-refractivity contribution in [3.05, 3.63) is 60.5 Å². The third kappa shape index (κ3) is 4.48. The molecular formula is C27H31FN4O4. The molecular weight excluding hydrogens is 463 g/mol. The van der Waals surface area contributed by atoms with E-state index in [1.54, 1.807) is 18.3 Å². The van der Waals surface area contributed by atoms with Gasteiger partial charge in [-0.3, -0.25) is 9.59 Å². The van der Waals surface area contributed by atoms with E-state index >= 15 is 0 Å². The maximum atomic E-state index is 13.4. The second-order valence-corrected chi connectivity index (χ2v) is 10.00. The largest absolute Gasteiger partial charge is 0.442 e. The van der Waals surface area contributed by atoms with Crippen LogP contribution in [-0.2, 0) is 9.53 Å². The number of nitrogens with two attached hydrogens (primary N) is 1. The number of benzene rings is 1. The Morgan fingerprint density at radius 2 is 1.92 bits per heavy atom. The van der Waals surface area contributed by atoms with Gasteiger partial charge in [-0.2, -0.15) is 0 Å². The fourth-order valence-electron chi connectivity index (χ4n) is 6.07. The predicted octanol–water partition coefficient (Wildman–Crippen LogP) is 4.79. The molecule has 5 rings (SSSR count). The van der Waals surface area contributed by atoms with E-state index in [1.165, 1.54) is 24.6 Å². The van der Waals surface area contributed by atoms with Crippen LogP contribution < -0.4 is 5.73 Å². The number of hydrogen-bond donors (Lipinski definition) is 2. The zero-order chi connectivity index (χ0) is 25.2. The standard InChI is InChI=1S/C27H31FN4O4/c28-19-8-6-18(7-9-19)21-16-31-23(32-21)20(4-2-1-3-5-22(33)24-30-12-15-36-24)27(25(29)34)17-26(27)10-13-35-14-11-26/h6-9,12,15-16,20H,1-5,10-11,13-14,17H2,(H2,29,34)(H,31,32)/t20?,27-/m1/s1. The molecule has 1 unspecified atom stereocenters. The molecule has 1 amide bonds. The van der Waals surface area contributed by atoms with Gasteiger partial charge >= 0.3 is 0 Å². The molecule has 36 heavy (non-hydrogen) atoms. The fourth-order valence-corrected chi connectivity index (χ4v) is 6.07. The number of Topliss-reactive ketones (excluding diaryl/α,β-unsaturated/α-hetero) is 1. The van der Waals surface area contributed by atoms with E-state index in [9.17, 15) is 14.0 Å². The maximum Gasteiger partial charge on any atom is 0.263 e. The number of aromatic amines is 1. The van der Waals surface area contributed by atoms with Crippen LogP contribution >= 0.6 is 0 Å². The number of unbranched alkanes of at least 4 members (excludes halogenated alkanes) is 2. The van der Waals surface area contributed by atoms with Crippen molar-refractivity contribution in [3.8, 4) is 11.3 Å². The Kier molecular flexibility index (Phi) is 6.75. The van der Waals surface area contributed by atoms with Crippen molar-refractivity contribution in [2.24, 2.45) is 16.6 Å². The fraction of sp³-hybridized carbons (Fsp3) is 0.481. The molecule has 0 bridgehead atoms. The third-order valence-electron chi connectivity index (χ3n) is 8.06. The quantitative estimate of drug-likeness (QED) is 0.292. The number of nitrogens with one attached hydrogen (secondary N) is 1. The summed E-state index contributed by atoms with van der Waals surface area (Å²) in [6, 6.07) is 6.19. The molecule has 190 valence electrons. The van der Waals surface area contributed by atoms with E-state index in [0.29, 0.717) is 31.7 Å².